The summed E-state index contributed by atoms with van der Waals surface area (Å²) in [5.74, 6) is 0.896. The SMILES string of the molecule is Nc1cccc(Oc2ccc(S(=O)(=O)c3ccccc3)cc2)c1N. The van der Waals surface area contributed by atoms with E-state index in [0.29, 0.717) is 22.9 Å². The molecule has 3 aromatic carbocycles. The molecular formula is C18H16N2O3S. The molecule has 0 atom stereocenters. The van der Waals surface area contributed by atoms with Crippen LogP contribution in [0.3, 0.4) is 0 Å². The molecule has 0 heterocycles. The fourth-order valence-corrected chi connectivity index (χ4v) is 3.48. The molecule has 0 amide bonds. The molecular weight excluding hydrogens is 324 g/mol. The van der Waals surface area contributed by atoms with Gasteiger partial charge >= 0.3 is 0 Å². The zero-order chi connectivity index (χ0) is 17.2. The van der Waals surface area contributed by atoms with Crippen LogP contribution in [0.15, 0.2) is 82.6 Å². The number of ether oxygens (including phenoxy) is 1. The highest BCUT2D eigenvalue weighted by Gasteiger charge is 2.17. The second-order valence-electron chi connectivity index (χ2n) is 5.15. The molecule has 5 nitrogen and oxygen atoms in total. The van der Waals surface area contributed by atoms with Crippen LogP contribution in [-0.2, 0) is 9.84 Å². The molecule has 0 aliphatic heterocycles. The first-order valence-corrected chi connectivity index (χ1v) is 8.69. The van der Waals surface area contributed by atoms with Crippen molar-refractivity contribution in [2.45, 2.75) is 9.79 Å². The van der Waals surface area contributed by atoms with Crippen LogP contribution in [0.25, 0.3) is 0 Å². The Kier molecular flexibility index (Phi) is 4.14. The van der Waals surface area contributed by atoms with Gasteiger partial charge in [0.15, 0.2) is 5.75 Å². The summed E-state index contributed by atoms with van der Waals surface area (Å²) in [6.45, 7) is 0. The number of benzene rings is 3. The second kappa shape index (κ2) is 6.25. The molecule has 0 fully saturated rings. The summed E-state index contributed by atoms with van der Waals surface area (Å²) >= 11 is 0. The van der Waals surface area contributed by atoms with Crippen molar-refractivity contribution in [1.82, 2.24) is 0 Å². The third-order valence-electron chi connectivity index (χ3n) is 3.52. The molecule has 3 rings (SSSR count). The summed E-state index contributed by atoms with van der Waals surface area (Å²) in [6.07, 6.45) is 0. The molecule has 0 radical (unpaired) electrons. The van der Waals surface area contributed by atoms with E-state index in [0.717, 1.165) is 0 Å². The van der Waals surface area contributed by atoms with Gasteiger partial charge in [-0.15, -0.1) is 0 Å². The molecule has 6 heteroatoms. The maximum absolute atomic E-state index is 12.5. The number of sulfone groups is 1. The highest BCUT2D eigenvalue weighted by Crippen LogP contribution is 2.32. The van der Waals surface area contributed by atoms with Gasteiger partial charge in [-0.2, -0.15) is 0 Å². The van der Waals surface area contributed by atoms with Gasteiger partial charge in [-0.1, -0.05) is 24.3 Å². The standard InChI is InChI=1S/C18H16N2O3S/c19-16-7-4-8-17(18(16)20)23-13-9-11-15(12-10-13)24(21,22)14-5-2-1-3-6-14/h1-12H,19-20H2. The van der Waals surface area contributed by atoms with Crippen LogP contribution in [0.2, 0.25) is 0 Å². The summed E-state index contributed by atoms with van der Waals surface area (Å²) in [5, 5.41) is 0. The Hall–Kier alpha value is -2.99. The van der Waals surface area contributed by atoms with Crippen LogP contribution in [0.5, 0.6) is 11.5 Å². The monoisotopic (exact) mass is 340 g/mol. The molecule has 3 aromatic rings. The first-order valence-electron chi connectivity index (χ1n) is 7.20. The van der Waals surface area contributed by atoms with Crippen molar-refractivity contribution in [1.29, 1.82) is 0 Å². The van der Waals surface area contributed by atoms with Gasteiger partial charge in [-0.05, 0) is 48.5 Å². The maximum atomic E-state index is 12.5. The van der Waals surface area contributed by atoms with Gasteiger partial charge in [-0.3, -0.25) is 0 Å². The average Bonchev–Trinajstić information content (AvgIpc) is 2.60. The van der Waals surface area contributed by atoms with Gasteiger partial charge in [0.25, 0.3) is 0 Å². The van der Waals surface area contributed by atoms with Crippen molar-refractivity contribution in [2.24, 2.45) is 0 Å². The Labute approximate surface area is 140 Å². The Bertz CT molecular complexity index is 953. The number of hydrogen-bond acceptors (Lipinski definition) is 5. The molecule has 122 valence electrons. The van der Waals surface area contributed by atoms with Crippen LogP contribution < -0.4 is 16.2 Å². The number of rotatable bonds is 4. The summed E-state index contributed by atoms with van der Waals surface area (Å²) in [6, 6.07) is 19.5. The minimum atomic E-state index is -3.54. The van der Waals surface area contributed by atoms with Crippen LogP contribution in [0, 0.1) is 0 Å². The molecule has 0 bridgehead atoms. The molecule has 24 heavy (non-hydrogen) atoms. The number of hydrogen-bond donors (Lipinski definition) is 2. The third-order valence-corrected chi connectivity index (χ3v) is 5.30. The van der Waals surface area contributed by atoms with E-state index in [1.807, 2.05) is 0 Å². The van der Waals surface area contributed by atoms with Gasteiger partial charge in [0.2, 0.25) is 9.84 Å². The van der Waals surface area contributed by atoms with Crippen molar-refractivity contribution in [2.75, 3.05) is 11.5 Å². The van der Waals surface area contributed by atoms with Crippen molar-refractivity contribution in [3.63, 3.8) is 0 Å². The lowest BCUT2D eigenvalue weighted by Crippen LogP contribution is -2.01. The topological polar surface area (TPSA) is 95.4 Å². The number of nitrogens with two attached hydrogens (primary N) is 2. The highest BCUT2D eigenvalue weighted by atomic mass is 32.2. The lowest BCUT2D eigenvalue weighted by Gasteiger charge is -2.10. The zero-order valence-electron chi connectivity index (χ0n) is 12.7. The van der Waals surface area contributed by atoms with Gasteiger partial charge in [0.05, 0.1) is 21.2 Å². The highest BCUT2D eigenvalue weighted by molar-refractivity contribution is 7.91. The van der Waals surface area contributed by atoms with Gasteiger partial charge in [0, 0.05) is 0 Å². The van der Waals surface area contributed by atoms with E-state index in [9.17, 15) is 8.42 Å². The predicted octanol–water partition coefficient (Wildman–Crippen LogP) is 3.48. The number of anilines is 2. The molecule has 0 saturated heterocycles. The Morgan fingerprint density at radius 3 is 2.00 bits per heavy atom. The van der Waals surface area contributed by atoms with Crippen molar-refractivity contribution in [3.8, 4) is 11.5 Å². The summed E-state index contributed by atoms with van der Waals surface area (Å²) in [7, 11) is -3.54. The van der Waals surface area contributed by atoms with Crippen LogP contribution in [0.1, 0.15) is 0 Å². The van der Waals surface area contributed by atoms with E-state index in [2.05, 4.69) is 0 Å². The van der Waals surface area contributed by atoms with Gasteiger partial charge in [0.1, 0.15) is 5.75 Å². The first-order chi connectivity index (χ1) is 11.5. The largest absolute Gasteiger partial charge is 0.455 e. The van der Waals surface area contributed by atoms with Crippen LogP contribution in [-0.4, -0.2) is 8.42 Å². The zero-order valence-corrected chi connectivity index (χ0v) is 13.5. The lowest BCUT2D eigenvalue weighted by molar-refractivity contribution is 0.485. The van der Waals surface area contributed by atoms with Crippen LogP contribution in [0.4, 0.5) is 11.4 Å². The van der Waals surface area contributed by atoms with Crippen molar-refractivity contribution < 1.29 is 13.2 Å². The van der Waals surface area contributed by atoms with E-state index in [4.69, 9.17) is 16.2 Å². The van der Waals surface area contributed by atoms with Gasteiger partial charge < -0.3 is 16.2 Å². The molecule has 0 unspecified atom stereocenters. The first kappa shape index (κ1) is 15.9. The lowest BCUT2D eigenvalue weighted by atomic mass is 10.2. The number of nitrogen functional groups attached to an aromatic ring is 2. The smallest absolute Gasteiger partial charge is 0.206 e. The van der Waals surface area contributed by atoms with E-state index in [1.165, 1.54) is 12.1 Å². The van der Waals surface area contributed by atoms with E-state index in [-0.39, 0.29) is 9.79 Å². The van der Waals surface area contributed by atoms with E-state index >= 15 is 0 Å². The van der Waals surface area contributed by atoms with E-state index < -0.39 is 9.84 Å². The molecule has 0 spiro atoms. The normalized spacial score (nSPS) is 11.2. The molecule has 4 N–H and O–H groups in total. The fourth-order valence-electron chi connectivity index (χ4n) is 2.20. The molecule has 0 aliphatic rings. The molecule has 0 aliphatic carbocycles. The minimum absolute atomic E-state index is 0.196. The minimum Gasteiger partial charge on any atom is -0.455 e. The van der Waals surface area contributed by atoms with Crippen LogP contribution >= 0.6 is 0 Å². The fraction of sp³-hybridized carbons (Fsp3) is 0. The summed E-state index contributed by atoms with van der Waals surface area (Å²) < 4.78 is 30.7. The molecule has 0 saturated carbocycles. The summed E-state index contributed by atoms with van der Waals surface area (Å²) in [4.78, 5) is 0.445. The van der Waals surface area contributed by atoms with Gasteiger partial charge in [-0.25, -0.2) is 8.42 Å². The second-order valence-corrected chi connectivity index (χ2v) is 7.10. The summed E-state index contributed by atoms with van der Waals surface area (Å²) in [5.41, 5.74) is 12.4. The Balaban J connectivity index is 1.87. The van der Waals surface area contributed by atoms with Crippen molar-refractivity contribution >= 4 is 21.2 Å². The van der Waals surface area contributed by atoms with Crippen molar-refractivity contribution in [3.05, 3.63) is 72.8 Å². The maximum Gasteiger partial charge on any atom is 0.206 e. The quantitative estimate of drug-likeness (QED) is 0.709. The Morgan fingerprint density at radius 2 is 1.33 bits per heavy atom. The number of para-hydroxylation sites is 1. The van der Waals surface area contributed by atoms with E-state index in [1.54, 1.807) is 60.7 Å². The molecule has 0 aromatic heterocycles. The average molecular weight is 340 g/mol. The Morgan fingerprint density at radius 1 is 0.708 bits per heavy atom. The third kappa shape index (κ3) is 3.04. The predicted molar refractivity (Wildman–Crippen MR) is 93.7 cm³/mol.